The van der Waals surface area contributed by atoms with Crippen molar-refractivity contribution < 1.29 is 0 Å². The highest BCUT2D eigenvalue weighted by molar-refractivity contribution is 5.23. The summed E-state index contributed by atoms with van der Waals surface area (Å²) < 4.78 is 0. The van der Waals surface area contributed by atoms with Crippen molar-refractivity contribution in [2.24, 2.45) is 5.92 Å². The molecule has 0 aliphatic heterocycles. The maximum absolute atomic E-state index is 2.48. The summed E-state index contributed by atoms with van der Waals surface area (Å²) in [5, 5.41) is 0. The van der Waals surface area contributed by atoms with Crippen LogP contribution < -0.4 is 0 Å². The Morgan fingerprint density at radius 3 is 2.85 bits per heavy atom. The lowest BCUT2D eigenvalue weighted by molar-refractivity contribution is 0.538. The molecule has 0 heterocycles. The second-order valence-electron chi connectivity index (χ2n) is 3.99. The van der Waals surface area contributed by atoms with Gasteiger partial charge in [-0.05, 0) is 25.2 Å². The molecular formula is C13H22. The van der Waals surface area contributed by atoms with Gasteiger partial charge >= 0.3 is 0 Å². The van der Waals surface area contributed by atoms with Gasteiger partial charge in [0, 0.05) is 0 Å². The second kappa shape index (κ2) is 6.01. The molecule has 0 heteroatoms. The molecule has 0 saturated heterocycles. The Bertz CT molecular complexity index is 186. The van der Waals surface area contributed by atoms with E-state index >= 15 is 0 Å². The molecule has 0 nitrogen and oxygen atoms in total. The standard InChI is InChI=1S/C13H22/c1-3-5-6-8-13-10-7-9-12(4-2)11-13/h7,9,11,13H,3-6,8,10H2,1-2H3. The van der Waals surface area contributed by atoms with E-state index in [1.165, 1.54) is 44.1 Å². The van der Waals surface area contributed by atoms with Crippen LogP contribution in [-0.2, 0) is 0 Å². The first kappa shape index (κ1) is 10.6. The molecule has 0 amide bonds. The van der Waals surface area contributed by atoms with Gasteiger partial charge in [-0.25, -0.2) is 0 Å². The number of hydrogen-bond acceptors (Lipinski definition) is 0. The summed E-state index contributed by atoms with van der Waals surface area (Å²) in [4.78, 5) is 0. The summed E-state index contributed by atoms with van der Waals surface area (Å²) in [5.41, 5.74) is 1.53. The van der Waals surface area contributed by atoms with Crippen LogP contribution in [0.3, 0.4) is 0 Å². The molecule has 0 bridgehead atoms. The van der Waals surface area contributed by atoms with Crippen LogP contribution in [0.15, 0.2) is 23.8 Å². The summed E-state index contributed by atoms with van der Waals surface area (Å²) >= 11 is 0. The van der Waals surface area contributed by atoms with Gasteiger partial charge in [-0.1, -0.05) is 56.9 Å². The first-order chi connectivity index (χ1) is 6.36. The maximum atomic E-state index is 2.48. The van der Waals surface area contributed by atoms with Crippen molar-refractivity contribution >= 4 is 0 Å². The van der Waals surface area contributed by atoms with Gasteiger partial charge in [0.2, 0.25) is 0 Å². The fourth-order valence-electron chi connectivity index (χ4n) is 1.91. The highest BCUT2D eigenvalue weighted by Gasteiger charge is 2.07. The Kier molecular flexibility index (Phi) is 4.88. The monoisotopic (exact) mass is 178 g/mol. The number of hydrogen-bond donors (Lipinski definition) is 0. The van der Waals surface area contributed by atoms with Gasteiger partial charge < -0.3 is 0 Å². The van der Waals surface area contributed by atoms with Crippen molar-refractivity contribution in [3.63, 3.8) is 0 Å². The first-order valence-electron chi connectivity index (χ1n) is 5.74. The van der Waals surface area contributed by atoms with Crippen LogP contribution in [0.25, 0.3) is 0 Å². The molecule has 1 aliphatic carbocycles. The van der Waals surface area contributed by atoms with Crippen molar-refractivity contribution in [2.45, 2.75) is 52.4 Å². The summed E-state index contributed by atoms with van der Waals surface area (Å²) in [6.45, 7) is 4.51. The van der Waals surface area contributed by atoms with Crippen molar-refractivity contribution in [2.75, 3.05) is 0 Å². The predicted octanol–water partition coefficient (Wildman–Crippen LogP) is 4.48. The Morgan fingerprint density at radius 2 is 2.15 bits per heavy atom. The molecule has 0 aromatic carbocycles. The third-order valence-electron chi connectivity index (χ3n) is 2.81. The molecule has 13 heavy (non-hydrogen) atoms. The summed E-state index contributed by atoms with van der Waals surface area (Å²) in [6, 6.07) is 0. The molecule has 1 rings (SSSR count). The zero-order valence-corrected chi connectivity index (χ0v) is 9.05. The van der Waals surface area contributed by atoms with E-state index in [-0.39, 0.29) is 0 Å². The van der Waals surface area contributed by atoms with Crippen LogP contribution in [0.1, 0.15) is 52.4 Å². The van der Waals surface area contributed by atoms with Gasteiger partial charge in [0.15, 0.2) is 0 Å². The number of unbranched alkanes of at least 4 members (excludes halogenated alkanes) is 2. The van der Waals surface area contributed by atoms with Gasteiger partial charge in [-0.15, -0.1) is 0 Å². The van der Waals surface area contributed by atoms with Crippen LogP contribution in [0.5, 0.6) is 0 Å². The molecule has 0 spiro atoms. The molecule has 0 saturated carbocycles. The van der Waals surface area contributed by atoms with Gasteiger partial charge in [0.25, 0.3) is 0 Å². The number of allylic oxidation sites excluding steroid dienone is 4. The van der Waals surface area contributed by atoms with Crippen LogP contribution in [-0.4, -0.2) is 0 Å². The zero-order valence-electron chi connectivity index (χ0n) is 9.05. The fourth-order valence-corrected chi connectivity index (χ4v) is 1.91. The molecule has 0 aromatic heterocycles. The smallest absolute Gasteiger partial charge is 0.0193 e. The molecule has 74 valence electrons. The summed E-state index contributed by atoms with van der Waals surface area (Å²) in [7, 11) is 0. The molecule has 0 aromatic rings. The highest BCUT2D eigenvalue weighted by atomic mass is 14.1. The molecule has 0 fully saturated rings. The molecule has 0 radical (unpaired) electrons. The van der Waals surface area contributed by atoms with Crippen molar-refractivity contribution in [1.29, 1.82) is 0 Å². The van der Waals surface area contributed by atoms with Gasteiger partial charge in [-0.3, -0.25) is 0 Å². The Hall–Kier alpha value is -0.520. The molecule has 1 unspecified atom stereocenters. The Morgan fingerprint density at radius 1 is 1.31 bits per heavy atom. The Labute approximate surface area is 82.7 Å². The van der Waals surface area contributed by atoms with Crippen LogP contribution >= 0.6 is 0 Å². The first-order valence-corrected chi connectivity index (χ1v) is 5.74. The van der Waals surface area contributed by atoms with E-state index in [0.717, 1.165) is 5.92 Å². The van der Waals surface area contributed by atoms with E-state index in [1.54, 1.807) is 0 Å². The van der Waals surface area contributed by atoms with Crippen molar-refractivity contribution in [3.8, 4) is 0 Å². The predicted molar refractivity (Wildman–Crippen MR) is 59.8 cm³/mol. The quantitative estimate of drug-likeness (QED) is 0.544. The lowest BCUT2D eigenvalue weighted by Gasteiger charge is -2.15. The van der Waals surface area contributed by atoms with Crippen molar-refractivity contribution in [1.82, 2.24) is 0 Å². The van der Waals surface area contributed by atoms with E-state index in [2.05, 4.69) is 32.1 Å². The molecule has 1 aliphatic rings. The lowest BCUT2D eigenvalue weighted by atomic mass is 9.91. The minimum atomic E-state index is 0.839. The van der Waals surface area contributed by atoms with E-state index in [0.29, 0.717) is 0 Å². The number of rotatable bonds is 5. The second-order valence-corrected chi connectivity index (χ2v) is 3.99. The molecule has 1 atom stereocenters. The van der Waals surface area contributed by atoms with E-state index in [4.69, 9.17) is 0 Å². The molecule has 0 N–H and O–H groups in total. The summed E-state index contributed by atoms with van der Waals surface area (Å²) in [5.74, 6) is 0.839. The third-order valence-corrected chi connectivity index (χ3v) is 2.81. The normalized spacial score (nSPS) is 21.7. The lowest BCUT2D eigenvalue weighted by Crippen LogP contribution is -2.00. The fraction of sp³-hybridized carbons (Fsp3) is 0.692. The minimum Gasteiger partial charge on any atom is -0.0837 e. The Balaban J connectivity index is 2.27. The zero-order chi connectivity index (χ0) is 9.52. The van der Waals surface area contributed by atoms with E-state index < -0.39 is 0 Å². The average molecular weight is 178 g/mol. The SMILES string of the molecule is CCCCCC1C=C(CC)C=CC1. The van der Waals surface area contributed by atoms with Crippen LogP contribution in [0.4, 0.5) is 0 Å². The maximum Gasteiger partial charge on any atom is -0.0193 e. The van der Waals surface area contributed by atoms with E-state index in [9.17, 15) is 0 Å². The summed E-state index contributed by atoms with van der Waals surface area (Å²) in [6.07, 6.45) is 15.1. The van der Waals surface area contributed by atoms with Gasteiger partial charge in [-0.2, -0.15) is 0 Å². The third kappa shape index (κ3) is 3.80. The van der Waals surface area contributed by atoms with Crippen LogP contribution in [0.2, 0.25) is 0 Å². The van der Waals surface area contributed by atoms with Crippen LogP contribution in [0, 0.1) is 5.92 Å². The van der Waals surface area contributed by atoms with Gasteiger partial charge in [0.1, 0.15) is 0 Å². The average Bonchev–Trinajstić information content (AvgIpc) is 2.19. The minimum absolute atomic E-state index is 0.839. The van der Waals surface area contributed by atoms with Crippen molar-refractivity contribution in [3.05, 3.63) is 23.8 Å². The topological polar surface area (TPSA) is 0 Å². The largest absolute Gasteiger partial charge is 0.0837 e. The van der Waals surface area contributed by atoms with E-state index in [1.807, 2.05) is 0 Å². The highest BCUT2D eigenvalue weighted by Crippen LogP contribution is 2.23. The molecular weight excluding hydrogens is 156 g/mol. The van der Waals surface area contributed by atoms with Gasteiger partial charge in [0.05, 0.1) is 0 Å².